The molecule has 0 bridgehead atoms. The summed E-state index contributed by atoms with van der Waals surface area (Å²) in [6.45, 7) is 2.57. The summed E-state index contributed by atoms with van der Waals surface area (Å²) >= 11 is 0. The first-order valence-electron chi connectivity index (χ1n) is 7.98. The van der Waals surface area contributed by atoms with Gasteiger partial charge in [-0.15, -0.1) is 0 Å². The number of para-hydroxylation sites is 2. The third-order valence-electron chi connectivity index (χ3n) is 3.74. The van der Waals surface area contributed by atoms with Gasteiger partial charge in [-0.2, -0.15) is 0 Å². The van der Waals surface area contributed by atoms with E-state index in [1.807, 2.05) is 19.1 Å². The van der Waals surface area contributed by atoms with Crippen LogP contribution in [0.1, 0.15) is 13.3 Å². The van der Waals surface area contributed by atoms with Crippen LogP contribution in [0.3, 0.4) is 0 Å². The number of hydrogen-bond donors (Lipinski definition) is 2. The zero-order valence-corrected chi connectivity index (χ0v) is 14.6. The summed E-state index contributed by atoms with van der Waals surface area (Å²) in [7, 11) is -3.87. The SMILES string of the molecule is CCCOc1ccc(S(=O)(=O)Nc2ccccc2O)c2ccccc12. The van der Waals surface area contributed by atoms with Crippen LogP contribution in [0.4, 0.5) is 5.69 Å². The lowest BCUT2D eigenvalue weighted by Gasteiger charge is -2.14. The van der Waals surface area contributed by atoms with Crippen molar-refractivity contribution in [2.45, 2.75) is 18.2 Å². The Morgan fingerprint density at radius 3 is 2.36 bits per heavy atom. The highest BCUT2D eigenvalue weighted by atomic mass is 32.2. The van der Waals surface area contributed by atoms with Gasteiger partial charge in [0.25, 0.3) is 10.0 Å². The molecule has 3 aromatic rings. The number of sulfonamides is 1. The normalized spacial score (nSPS) is 11.4. The predicted octanol–water partition coefficient (Wildman–Crippen LogP) is 4.14. The number of nitrogens with one attached hydrogen (secondary N) is 1. The molecule has 0 amide bonds. The topological polar surface area (TPSA) is 75.6 Å². The molecule has 0 saturated carbocycles. The summed E-state index contributed by atoms with van der Waals surface area (Å²) in [6, 6.07) is 16.6. The van der Waals surface area contributed by atoms with Crippen molar-refractivity contribution in [1.29, 1.82) is 0 Å². The van der Waals surface area contributed by atoms with Gasteiger partial charge in [0.2, 0.25) is 0 Å². The van der Waals surface area contributed by atoms with Crippen molar-refractivity contribution < 1.29 is 18.3 Å². The van der Waals surface area contributed by atoms with E-state index in [4.69, 9.17) is 4.74 Å². The standard InChI is InChI=1S/C19H19NO4S/c1-2-13-24-18-11-12-19(15-8-4-3-7-14(15)18)25(22,23)20-16-9-5-6-10-17(16)21/h3-12,20-21H,2,13H2,1H3. The average Bonchev–Trinajstić information content (AvgIpc) is 2.61. The van der Waals surface area contributed by atoms with Crippen LogP contribution < -0.4 is 9.46 Å². The summed E-state index contributed by atoms with van der Waals surface area (Å²) in [6.07, 6.45) is 0.864. The number of fused-ring (bicyclic) bond motifs is 1. The molecule has 130 valence electrons. The fourth-order valence-corrected chi connectivity index (χ4v) is 3.86. The Hall–Kier alpha value is -2.73. The van der Waals surface area contributed by atoms with E-state index in [1.54, 1.807) is 30.3 Å². The zero-order chi connectivity index (χ0) is 17.9. The van der Waals surface area contributed by atoms with Gasteiger partial charge in [-0.3, -0.25) is 4.72 Å². The largest absolute Gasteiger partial charge is 0.506 e. The molecule has 6 heteroatoms. The van der Waals surface area contributed by atoms with Crippen LogP contribution in [-0.2, 0) is 10.0 Å². The van der Waals surface area contributed by atoms with Crippen molar-refractivity contribution in [2.75, 3.05) is 11.3 Å². The summed E-state index contributed by atoms with van der Waals surface area (Å²) in [5.41, 5.74) is 0.137. The number of benzene rings is 3. The second kappa shape index (κ2) is 7.03. The minimum Gasteiger partial charge on any atom is -0.506 e. The van der Waals surface area contributed by atoms with Crippen LogP contribution in [0.15, 0.2) is 65.6 Å². The molecular weight excluding hydrogens is 338 g/mol. The van der Waals surface area contributed by atoms with E-state index < -0.39 is 10.0 Å². The van der Waals surface area contributed by atoms with E-state index in [9.17, 15) is 13.5 Å². The number of rotatable bonds is 6. The number of ether oxygens (including phenoxy) is 1. The second-order valence-electron chi connectivity index (χ2n) is 5.58. The molecule has 0 spiro atoms. The molecule has 0 fully saturated rings. The molecule has 5 nitrogen and oxygen atoms in total. The lowest BCUT2D eigenvalue weighted by atomic mass is 10.1. The summed E-state index contributed by atoms with van der Waals surface area (Å²) in [5.74, 6) is 0.525. The van der Waals surface area contributed by atoms with E-state index in [-0.39, 0.29) is 16.3 Å². The van der Waals surface area contributed by atoms with Gasteiger partial charge in [0.15, 0.2) is 0 Å². The molecule has 3 rings (SSSR count). The van der Waals surface area contributed by atoms with Gasteiger partial charge in [0.1, 0.15) is 11.5 Å². The molecule has 0 radical (unpaired) electrons. The third kappa shape index (κ3) is 3.53. The molecular formula is C19H19NO4S. The quantitative estimate of drug-likeness (QED) is 0.650. The summed E-state index contributed by atoms with van der Waals surface area (Å²) in [4.78, 5) is 0.134. The Morgan fingerprint density at radius 1 is 0.960 bits per heavy atom. The molecule has 0 atom stereocenters. The van der Waals surface area contributed by atoms with E-state index in [0.717, 1.165) is 11.8 Å². The third-order valence-corrected chi connectivity index (χ3v) is 5.17. The molecule has 0 aliphatic carbocycles. The van der Waals surface area contributed by atoms with Crippen molar-refractivity contribution in [3.8, 4) is 11.5 Å². The lowest BCUT2D eigenvalue weighted by molar-refractivity contribution is 0.321. The molecule has 0 heterocycles. The van der Waals surface area contributed by atoms with Crippen LogP contribution >= 0.6 is 0 Å². The predicted molar refractivity (Wildman–Crippen MR) is 98.6 cm³/mol. The summed E-state index contributed by atoms with van der Waals surface area (Å²) in [5, 5.41) is 11.1. The van der Waals surface area contributed by atoms with Crippen molar-refractivity contribution in [3.63, 3.8) is 0 Å². The minimum absolute atomic E-state index is 0.127. The van der Waals surface area contributed by atoms with E-state index >= 15 is 0 Å². The van der Waals surface area contributed by atoms with Crippen molar-refractivity contribution in [2.24, 2.45) is 0 Å². The minimum atomic E-state index is -3.87. The Kier molecular flexibility index (Phi) is 4.81. The van der Waals surface area contributed by atoms with Crippen LogP contribution in [0.2, 0.25) is 0 Å². The van der Waals surface area contributed by atoms with E-state index in [0.29, 0.717) is 17.7 Å². The maximum atomic E-state index is 12.8. The highest BCUT2D eigenvalue weighted by Crippen LogP contribution is 2.33. The number of anilines is 1. The Morgan fingerprint density at radius 2 is 1.64 bits per heavy atom. The van der Waals surface area contributed by atoms with Gasteiger partial charge in [-0.1, -0.05) is 43.3 Å². The number of aromatic hydroxyl groups is 1. The smallest absolute Gasteiger partial charge is 0.262 e. The molecule has 0 aliphatic rings. The van der Waals surface area contributed by atoms with Gasteiger partial charge in [0.05, 0.1) is 17.2 Å². The number of hydrogen-bond acceptors (Lipinski definition) is 4. The molecule has 2 N–H and O–H groups in total. The van der Waals surface area contributed by atoms with Gasteiger partial charge in [0, 0.05) is 10.8 Å². The van der Waals surface area contributed by atoms with Gasteiger partial charge in [-0.25, -0.2) is 8.42 Å². The van der Waals surface area contributed by atoms with Gasteiger partial charge >= 0.3 is 0 Å². The average molecular weight is 357 g/mol. The fraction of sp³-hybridized carbons (Fsp3) is 0.158. The maximum Gasteiger partial charge on any atom is 0.262 e. The van der Waals surface area contributed by atoms with Crippen LogP contribution in [0.25, 0.3) is 10.8 Å². The van der Waals surface area contributed by atoms with Gasteiger partial charge < -0.3 is 9.84 Å². The monoisotopic (exact) mass is 357 g/mol. The summed E-state index contributed by atoms with van der Waals surface area (Å²) < 4.78 is 33.8. The van der Waals surface area contributed by atoms with Crippen molar-refractivity contribution in [3.05, 3.63) is 60.7 Å². The van der Waals surface area contributed by atoms with Crippen molar-refractivity contribution in [1.82, 2.24) is 0 Å². The van der Waals surface area contributed by atoms with E-state index in [2.05, 4.69) is 4.72 Å². The number of phenolic OH excluding ortho intramolecular Hbond substituents is 1. The maximum absolute atomic E-state index is 12.8. The molecule has 0 unspecified atom stereocenters. The first-order valence-corrected chi connectivity index (χ1v) is 9.46. The molecule has 25 heavy (non-hydrogen) atoms. The molecule has 0 aliphatic heterocycles. The Balaban J connectivity index is 2.08. The second-order valence-corrected chi connectivity index (χ2v) is 7.23. The highest BCUT2D eigenvalue weighted by molar-refractivity contribution is 7.93. The first kappa shape index (κ1) is 17.1. The van der Waals surface area contributed by atoms with E-state index in [1.165, 1.54) is 18.2 Å². The Bertz CT molecular complexity index is 999. The van der Waals surface area contributed by atoms with Crippen LogP contribution in [0, 0.1) is 0 Å². The fourth-order valence-electron chi connectivity index (χ4n) is 2.58. The van der Waals surface area contributed by atoms with Gasteiger partial charge in [-0.05, 0) is 30.7 Å². The Labute approximate surface area is 146 Å². The zero-order valence-electron chi connectivity index (χ0n) is 13.8. The first-order chi connectivity index (χ1) is 12.0. The lowest BCUT2D eigenvalue weighted by Crippen LogP contribution is -2.13. The molecule has 0 saturated heterocycles. The molecule has 0 aromatic heterocycles. The highest BCUT2D eigenvalue weighted by Gasteiger charge is 2.20. The number of phenols is 1. The van der Waals surface area contributed by atoms with Crippen molar-refractivity contribution >= 4 is 26.5 Å². The van der Waals surface area contributed by atoms with Crippen LogP contribution in [-0.4, -0.2) is 20.1 Å². The molecule has 3 aromatic carbocycles. The van der Waals surface area contributed by atoms with Crippen LogP contribution in [0.5, 0.6) is 11.5 Å².